The quantitative estimate of drug-likeness (QED) is 0.480. The van der Waals surface area contributed by atoms with E-state index in [0.29, 0.717) is 23.7 Å². The summed E-state index contributed by atoms with van der Waals surface area (Å²) in [7, 11) is 1.87. The van der Waals surface area contributed by atoms with Crippen molar-refractivity contribution in [2.45, 2.75) is 38.8 Å². The van der Waals surface area contributed by atoms with Gasteiger partial charge >= 0.3 is 0 Å². The number of aryl methyl sites for hydroxylation is 1. The molecule has 2 amide bonds. The number of halogens is 1. The molecule has 0 atom stereocenters. The van der Waals surface area contributed by atoms with Gasteiger partial charge in [0, 0.05) is 31.6 Å². The predicted octanol–water partition coefficient (Wildman–Crippen LogP) is 4.72. The van der Waals surface area contributed by atoms with Crippen molar-refractivity contribution in [3.63, 3.8) is 0 Å². The Hall–Kier alpha value is -3.36. The minimum atomic E-state index is -0.186. The number of benzene rings is 2. The Morgan fingerprint density at radius 3 is 2.66 bits per heavy atom. The van der Waals surface area contributed by atoms with Gasteiger partial charge in [-0.3, -0.25) is 14.3 Å². The molecule has 3 aliphatic rings. The smallest absolute Gasteiger partial charge is 0.260 e. The van der Waals surface area contributed by atoms with Crippen LogP contribution < -0.4 is 15.5 Å². The van der Waals surface area contributed by atoms with Gasteiger partial charge in [0.25, 0.3) is 5.91 Å². The molecule has 0 bridgehead atoms. The van der Waals surface area contributed by atoms with E-state index >= 15 is 0 Å². The van der Waals surface area contributed by atoms with Crippen LogP contribution in [0.1, 0.15) is 47.2 Å². The minimum absolute atomic E-state index is 0.0656. The van der Waals surface area contributed by atoms with Gasteiger partial charge in [0.15, 0.2) is 0 Å². The maximum absolute atomic E-state index is 13.7. The van der Waals surface area contributed by atoms with Crippen LogP contribution in [0, 0.1) is 11.8 Å². The molecule has 8 nitrogen and oxygen atoms in total. The van der Waals surface area contributed by atoms with Crippen molar-refractivity contribution in [2.24, 2.45) is 18.9 Å². The zero-order valence-electron chi connectivity index (χ0n) is 21.6. The fourth-order valence-electron chi connectivity index (χ4n) is 5.50. The maximum Gasteiger partial charge on any atom is 0.260 e. The zero-order valence-corrected chi connectivity index (χ0v) is 22.4. The number of fused-ring (bicyclic) bond motifs is 2. The molecule has 198 valence electrons. The van der Waals surface area contributed by atoms with Gasteiger partial charge in [0.05, 0.1) is 34.7 Å². The number of rotatable bonds is 6. The van der Waals surface area contributed by atoms with Crippen LogP contribution >= 0.6 is 11.6 Å². The van der Waals surface area contributed by atoms with Crippen molar-refractivity contribution in [1.29, 1.82) is 0 Å². The highest BCUT2D eigenvalue weighted by atomic mass is 35.5. The van der Waals surface area contributed by atoms with Gasteiger partial charge < -0.3 is 20.4 Å². The third-order valence-corrected chi connectivity index (χ3v) is 8.25. The molecule has 2 N–H and O–H groups in total. The molecule has 1 saturated carbocycles. The van der Waals surface area contributed by atoms with Crippen LogP contribution in [-0.2, 0) is 24.9 Å². The van der Waals surface area contributed by atoms with Crippen molar-refractivity contribution in [2.75, 3.05) is 29.9 Å². The lowest BCUT2D eigenvalue weighted by molar-refractivity contribution is -0.126. The largest absolute Gasteiger partial charge is 0.352 e. The second kappa shape index (κ2) is 10.4. The van der Waals surface area contributed by atoms with Crippen LogP contribution in [0.2, 0.25) is 5.02 Å². The van der Waals surface area contributed by atoms with Crippen molar-refractivity contribution < 1.29 is 9.59 Å². The third kappa shape index (κ3) is 5.15. The molecule has 1 aliphatic carbocycles. The molecule has 2 aromatic carbocycles. The zero-order chi connectivity index (χ0) is 26.2. The van der Waals surface area contributed by atoms with Gasteiger partial charge in [-0.15, -0.1) is 0 Å². The van der Waals surface area contributed by atoms with Gasteiger partial charge in [-0.2, -0.15) is 5.10 Å². The highest BCUT2D eigenvalue weighted by Crippen LogP contribution is 2.37. The second-order valence-corrected chi connectivity index (χ2v) is 11.1. The molecule has 2 aliphatic heterocycles. The number of amides is 2. The summed E-state index contributed by atoms with van der Waals surface area (Å²) >= 11 is 6.64. The molecule has 1 aromatic heterocycles. The Labute approximate surface area is 227 Å². The Morgan fingerprint density at radius 2 is 1.89 bits per heavy atom. The standard InChI is InChI=1S/C29H33ClN6O2/c1-34-27-22(16-32-34)18-36(26-5-3-2-4-25(26)33-27)29(38)23-9-8-20(14-24(23)30)15-31-28(37)21-10-12-35(13-11-21)17-19-6-7-19/h2-5,8-9,14,16,19,21,33H,6-7,10-13,15,17-18H2,1H3,(H,31,37). The van der Waals surface area contributed by atoms with Gasteiger partial charge in [-0.05, 0) is 74.5 Å². The molecule has 2 fully saturated rings. The minimum Gasteiger partial charge on any atom is -0.352 e. The van der Waals surface area contributed by atoms with Crippen molar-refractivity contribution >= 4 is 40.6 Å². The van der Waals surface area contributed by atoms with Gasteiger partial charge in [-0.25, -0.2) is 0 Å². The van der Waals surface area contributed by atoms with E-state index in [-0.39, 0.29) is 17.7 Å². The molecule has 3 aromatic rings. The lowest BCUT2D eigenvalue weighted by Gasteiger charge is -2.31. The SMILES string of the molecule is Cn1ncc2c1Nc1ccccc1N(C(=O)c1ccc(CNC(=O)C3CCN(CC4CC4)CC3)cc1Cl)C2. The van der Waals surface area contributed by atoms with Crippen molar-refractivity contribution in [3.8, 4) is 0 Å². The number of aromatic nitrogens is 2. The fourth-order valence-corrected chi connectivity index (χ4v) is 5.79. The summed E-state index contributed by atoms with van der Waals surface area (Å²) in [6.07, 6.45) is 6.33. The van der Waals surface area contributed by atoms with E-state index in [1.165, 1.54) is 19.4 Å². The first kappa shape index (κ1) is 24.9. The highest BCUT2D eigenvalue weighted by Gasteiger charge is 2.30. The number of piperidine rings is 1. The van der Waals surface area contributed by atoms with E-state index in [1.54, 1.807) is 27.9 Å². The summed E-state index contributed by atoms with van der Waals surface area (Å²) < 4.78 is 1.77. The molecule has 0 radical (unpaired) electrons. The number of likely N-dealkylation sites (tertiary alicyclic amines) is 1. The summed E-state index contributed by atoms with van der Waals surface area (Å²) in [5, 5.41) is 11.2. The summed E-state index contributed by atoms with van der Waals surface area (Å²) in [6, 6.07) is 13.1. The molecule has 3 heterocycles. The van der Waals surface area contributed by atoms with Crippen LogP contribution in [0.5, 0.6) is 0 Å². The maximum atomic E-state index is 13.7. The molecule has 1 saturated heterocycles. The number of nitrogens with zero attached hydrogens (tertiary/aromatic N) is 4. The van der Waals surface area contributed by atoms with E-state index in [4.69, 9.17) is 11.6 Å². The molecule has 9 heteroatoms. The lowest BCUT2D eigenvalue weighted by Crippen LogP contribution is -2.41. The van der Waals surface area contributed by atoms with E-state index in [9.17, 15) is 9.59 Å². The first-order valence-electron chi connectivity index (χ1n) is 13.4. The molecule has 38 heavy (non-hydrogen) atoms. The van der Waals surface area contributed by atoms with Gasteiger partial charge in [0.2, 0.25) is 5.91 Å². The van der Waals surface area contributed by atoms with Gasteiger partial charge in [-0.1, -0.05) is 29.8 Å². The van der Waals surface area contributed by atoms with Crippen molar-refractivity contribution in [1.82, 2.24) is 20.0 Å². The molecule has 0 unspecified atom stereocenters. The number of carbonyl (C=O) groups is 2. The first-order chi connectivity index (χ1) is 18.5. The first-order valence-corrected chi connectivity index (χ1v) is 13.8. The Bertz CT molecular complexity index is 1360. The van der Waals surface area contributed by atoms with Crippen molar-refractivity contribution in [3.05, 3.63) is 70.4 Å². The Morgan fingerprint density at radius 1 is 1.11 bits per heavy atom. The number of hydrogen-bond acceptors (Lipinski definition) is 5. The molecular formula is C29H33ClN6O2. The lowest BCUT2D eigenvalue weighted by atomic mass is 9.95. The van der Waals surface area contributed by atoms with Crippen LogP contribution in [0.15, 0.2) is 48.7 Å². The number of hydrogen-bond donors (Lipinski definition) is 2. The van der Waals surface area contributed by atoms with Gasteiger partial charge in [0.1, 0.15) is 5.82 Å². The van der Waals surface area contributed by atoms with Crippen LogP contribution in [0.25, 0.3) is 0 Å². The second-order valence-electron chi connectivity index (χ2n) is 10.7. The average Bonchev–Trinajstić information content (AvgIpc) is 3.71. The summed E-state index contributed by atoms with van der Waals surface area (Å²) in [5.41, 5.74) is 3.83. The predicted molar refractivity (Wildman–Crippen MR) is 149 cm³/mol. The third-order valence-electron chi connectivity index (χ3n) is 7.94. The number of nitrogens with one attached hydrogen (secondary N) is 2. The van der Waals surface area contributed by atoms with E-state index in [1.807, 2.05) is 37.4 Å². The van der Waals surface area contributed by atoms with Crippen LogP contribution in [-0.4, -0.2) is 46.1 Å². The highest BCUT2D eigenvalue weighted by molar-refractivity contribution is 6.34. The molecule has 6 rings (SSSR count). The summed E-state index contributed by atoms with van der Waals surface area (Å²) in [6.45, 7) is 3.98. The topological polar surface area (TPSA) is 82.5 Å². The van der Waals surface area contributed by atoms with E-state index in [0.717, 1.165) is 60.2 Å². The normalized spacial score (nSPS) is 17.8. The number of carbonyl (C=O) groups excluding carboxylic acids is 2. The average molecular weight is 533 g/mol. The van der Waals surface area contributed by atoms with Crippen LogP contribution in [0.3, 0.4) is 0 Å². The van der Waals surface area contributed by atoms with Crippen LogP contribution in [0.4, 0.5) is 17.2 Å². The summed E-state index contributed by atoms with van der Waals surface area (Å²) in [5.74, 6) is 1.73. The Balaban J connectivity index is 1.12. The molecular weight excluding hydrogens is 500 g/mol. The monoisotopic (exact) mass is 532 g/mol. The number of para-hydroxylation sites is 2. The fraction of sp³-hybridized carbons (Fsp3) is 0.414. The van der Waals surface area contributed by atoms with E-state index < -0.39 is 0 Å². The molecule has 0 spiro atoms. The number of anilines is 3. The summed E-state index contributed by atoms with van der Waals surface area (Å²) in [4.78, 5) is 30.8. The Kier molecular flexibility index (Phi) is 6.84. The van der Waals surface area contributed by atoms with E-state index in [2.05, 4.69) is 20.6 Å².